The Morgan fingerprint density at radius 2 is 0.446 bits per heavy atom. The maximum absolute atomic E-state index is 5.12. The quantitative estimate of drug-likeness (QED) is 0.0357. The molecule has 672 valence electrons. The van der Waals surface area contributed by atoms with Gasteiger partial charge in [0.1, 0.15) is 11.0 Å². The van der Waals surface area contributed by atoms with E-state index in [2.05, 4.69) is 294 Å². The van der Waals surface area contributed by atoms with Crippen molar-refractivity contribution in [2.45, 2.75) is 327 Å². The summed E-state index contributed by atoms with van der Waals surface area (Å²) in [5.41, 5.74) is 39.1. The Bertz CT molecular complexity index is 5820. The average Bonchev–Trinajstić information content (AvgIpc) is 1.57. The van der Waals surface area contributed by atoms with Gasteiger partial charge in [-0.1, -0.05) is 443 Å². The number of aromatic nitrogens is 4. The molecule has 0 saturated heterocycles. The second-order valence-corrected chi connectivity index (χ2v) is 39.6. The van der Waals surface area contributed by atoms with Crippen LogP contribution >= 0.6 is 11.7 Å². The van der Waals surface area contributed by atoms with E-state index < -0.39 is 0 Å². The van der Waals surface area contributed by atoms with Gasteiger partial charge in [-0.15, -0.1) is 0 Å². The van der Waals surface area contributed by atoms with Crippen molar-refractivity contribution in [1.82, 2.24) is 18.7 Å². The molecule has 130 heavy (non-hydrogen) atoms. The van der Waals surface area contributed by atoms with E-state index in [0.29, 0.717) is 0 Å². The van der Waals surface area contributed by atoms with Gasteiger partial charge in [-0.2, -0.15) is 8.75 Å². The van der Waals surface area contributed by atoms with Crippen molar-refractivity contribution in [2.24, 2.45) is 0 Å². The van der Waals surface area contributed by atoms with Crippen molar-refractivity contribution in [3.63, 3.8) is 0 Å². The number of rotatable bonds is 52. The van der Waals surface area contributed by atoms with Gasteiger partial charge in [0.2, 0.25) is 0 Å². The van der Waals surface area contributed by atoms with Gasteiger partial charge in [0.05, 0.1) is 11.7 Å². The number of benzene rings is 10. The van der Waals surface area contributed by atoms with Crippen molar-refractivity contribution in [1.29, 1.82) is 0 Å². The van der Waals surface area contributed by atoms with Gasteiger partial charge >= 0.3 is 0 Å². The van der Waals surface area contributed by atoms with E-state index in [4.69, 9.17) is 8.75 Å². The second kappa shape index (κ2) is 46.2. The van der Waals surface area contributed by atoms with Gasteiger partial charge < -0.3 is 0 Å². The van der Waals surface area contributed by atoms with Gasteiger partial charge in [0.25, 0.3) is 0 Å². The molecule has 3 aliphatic rings. The zero-order valence-corrected chi connectivity index (χ0v) is 80.6. The predicted octanol–water partition coefficient (Wildman–Crippen LogP) is 38.1. The number of fused-ring (bicyclic) bond motifs is 10. The zero-order chi connectivity index (χ0) is 89.2. The zero-order valence-electron chi connectivity index (χ0n) is 79.8. The molecule has 0 saturated carbocycles. The molecule has 0 atom stereocenters. The lowest BCUT2D eigenvalue weighted by atomic mass is 9.69. The van der Waals surface area contributed by atoms with Crippen LogP contribution in [0.25, 0.3) is 135 Å². The van der Waals surface area contributed by atoms with Crippen molar-refractivity contribution in [2.75, 3.05) is 0 Å². The third-order valence-electron chi connectivity index (χ3n) is 30.2. The van der Waals surface area contributed by atoms with Crippen LogP contribution in [0.2, 0.25) is 0 Å². The summed E-state index contributed by atoms with van der Waals surface area (Å²) in [6, 6.07) is 86.8. The van der Waals surface area contributed by atoms with Gasteiger partial charge in [-0.05, 0) is 256 Å². The predicted molar refractivity (Wildman–Crippen MR) is 563 cm³/mol. The summed E-state index contributed by atoms with van der Waals surface area (Å²) < 4.78 is 10.1. The van der Waals surface area contributed by atoms with Crippen LogP contribution in [0.15, 0.2) is 243 Å². The van der Waals surface area contributed by atoms with Crippen molar-refractivity contribution in [3.05, 3.63) is 299 Å². The number of hydrogen-bond acceptors (Lipinski definition) is 5. The molecule has 0 spiro atoms. The summed E-state index contributed by atoms with van der Waals surface area (Å²) in [5.74, 6) is 0. The molecular formula is C125H146N4S. The normalized spacial score (nSPS) is 13.6. The lowest BCUT2D eigenvalue weighted by Gasteiger charge is -2.34. The van der Waals surface area contributed by atoms with E-state index in [1.54, 1.807) is 16.7 Å². The molecule has 0 fully saturated rings. The minimum absolute atomic E-state index is 0.0691. The lowest BCUT2D eigenvalue weighted by molar-refractivity contribution is 0.397. The van der Waals surface area contributed by atoms with Crippen LogP contribution in [0.1, 0.15) is 367 Å². The molecule has 16 rings (SSSR count). The average molecular weight is 1740 g/mol. The van der Waals surface area contributed by atoms with Crippen molar-refractivity contribution >= 4 is 47.1 Å². The highest BCUT2D eigenvalue weighted by Gasteiger charge is 2.47. The number of hydrogen-bond donors (Lipinski definition) is 0. The molecule has 0 radical (unpaired) electrons. The van der Waals surface area contributed by atoms with Gasteiger partial charge in [-0.25, -0.2) is 0 Å². The number of nitrogens with zero attached hydrogens (tertiary/aromatic N) is 4. The molecule has 3 aliphatic carbocycles. The lowest BCUT2D eigenvalue weighted by Crippen LogP contribution is -2.26. The Kier molecular flexibility index (Phi) is 33.1. The Balaban J connectivity index is 0.851. The minimum atomic E-state index is -0.208. The largest absolute Gasteiger partial charge is 0.265 e. The van der Waals surface area contributed by atoms with E-state index >= 15 is 0 Å². The molecule has 3 aromatic heterocycles. The molecule has 0 N–H and O–H groups in total. The van der Waals surface area contributed by atoms with Crippen LogP contribution < -0.4 is 0 Å². The van der Waals surface area contributed by atoms with Crippen molar-refractivity contribution < 1.29 is 0 Å². The first-order chi connectivity index (χ1) is 64.2. The van der Waals surface area contributed by atoms with Crippen molar-refractivity contribution in [3.8, 4) is 100 Å². The maximum atomic E-state index is 5.12. The Hall–Kier alpha value is -10.2. The Labute approximate surface area is 786 Å². The highest BCUT2D eigenvalue weighted by Crippen LogP contribution is 2.61. The topological polar surface area (TPSA) is 51.6 Å². The summed E-state index contributed by atoms with van der Waals surface area (Å²) in [6.45, 7) is 14.1. The highest BCUT2D eigenvalue weighted by molar-refractivity contribution is 7.00. The monoisotopic (exact) mass is 1740 g/mol. The standard InChI is InChI=1S/C125H146N4S/c1-7-13-19-25-31-43-75-123(76-44-32-26-20-14-8-2)115-87-97(95-49-39-37-40-50-95)57-63-107(115)108-64-58-98(88-116(108)123)99-59-65-109-111-67-61-103(91-119(111)124(117(109)89-99,77-45-33-27-21-15-9-3)78-46-34-28-22-16-10-4)113-85-101(56-54-94-73-83-127-84-74-94)114(86-100(113)55-53-93-71-81-126-82-72-93)104-62-68-112-110-66-60-102(106-70-69-105(96-51-41-38-42-52-96)121-122(106)129-130-128-121)90-118(110)125(120(112)92-104,79-47-35-29-23-17-11-5)80-48-36-30-24-18-12-6/h37-42,49-74,81-92H,7-36,43-48,75-80H2,1-6H3/b55-53+,56-54+. The second-order valence-electron chi connectivity index (χ2n) is 39.0. The molecule has 3 heterocycles. The van der Waals surface area contributed by atoms with E-state index in [1.807, 2.05) is 24.8 Å². The first-order valence-electron chi connectivity index (χ1n) is 51.8. The molecule has 10 aromatic carbocycles. The molecule has 0 amide bonds. The number of pyridine rings is 2. The summed E-state index contributed by atoms with van der Waals surface area (Å²) in [4.78, 5) is 9.07. The molecular weight excluding hydrogens is 1590 g/mol. The SMILES string of the molecule is CCCCCCCCC1(CCCCCCCC)c2cc(-c3ccccc3)ccc2-c2ccc(-c3ccc4c(c3)C(CCCCCCCC)(CCCCCCCC)c3cc(-c5cc(/C=C/c6ccncc6)c(-c6ccc7c(c6)C(CCCCCCCC)(CCCCCCCC)c6cc(-c8ccc(-c9ccccc9)c9nsnc89)ccc6-7)cc5/C=C/c5ccncc5)ccc3-4)cc21. The third kappa shape index (κ3) is 21.3. The fraction of sp³-hybridized carbons (Fsp3) is 0.408. The fourth-order valence-electron chi connectivity index (χ4n) is 23.1. The van der Waals surface area contributed by atoms with Crippen LogP contribution in [0.4, 0.5) is 0 Å². The molecule has 5 heteroatoms. The number of unbranched alkanes of at least 4 members (excludes halogenated alkanes) is 30. The minimum Gasteiger partial charge on any atom is -0.265 e. The molecule has 0 unspecified atom stereocenters. The summed E-state index contributed by atoms with van der Waals surface area (Å²) in [7, 11) is 0. The summed E-state index contributed by atoms with van der Waals surface area (Å²) >= 11 is 1.33. The van der Waals surface area contributed by atoms with Crippen LogP contribution in [-0.4, -0.2) is 18.7 Å². The van der Waals surface area contributed by atoms with E-state index in [1.165, 1.54) is 373 Å². The van der Waals surface area contributed by atoms with Gasteiger partial charge in [0, 0.05) is 52.2 Å². The maximum Gasteiger partial charge on any atom is 0.113 e. The van der Waals surface area contributed by atoms with Gasteiger partial charge in [0.15, 0.2) is 0 Å². The molecule has 0 bridgehead atoms. The molecule has 0 aliphatic heterocycles. The summed E-state index contributed by atoms with van der Waals surface area (Å²) in [6.07, 6.45) is 70.1. The van der Waals surface area contributed by atoms with E-state index in [0.717, 1.165) is 59.0 Å². The highest BCUT2D eigenvalue weighted by atomic mass is 32.1. The van der Waals surface area contributed by atoms with Crippen LogP contribution in [0, 0.1) is 0 Å². The Morgan fingerprint density at radius 1 is 0.208 bits per heavy atom. The van der Waals surface area contributed by atoms with E-state index in [-0.39, 0.29) is 16.2 Å². The summed E-state index contributed by atoms with van der Waals surface area (Å²) in [5, 5.41) is 0. The Morgan fingerprint density at radius 3 is 0.746 bits per heavy atom. The van der Waals surface area contributed by atoms with Crippen LogP contribution in [0.3, 0.4) is 0 Å². The third-order valence-corrected chi connectivity index (χ3v) is 30.8. The van der Waals surface area contributed by atoms with Crippen LogP contribution in [-0.2, 0) is 16.2 Å². The van der Waals surface area contributed by atoms with Crippen LogP contribution in [0.5, 0.6) is 0 Å². The first kappa shape index (κ1) is 93.0. The van der Waals surface area contributed by atoms with E-state index in [9.17, 15) is 0 Å². The fourth-order valence-corrected chi connectivity index (χ4v) is 23.6. The van der Waals surface area contributed by atoms with Gasteiger partial charge in [-0.3, -0.25) is 9.97 Å². The first-order valence-corrected chi connectivity index (χ1v) is 52.6. The molecule has 4 nitrogen and oxygen atoms in total. The molecule has 13 aromatic rings. The smallest absolute Gasteiger partial charge is 0.113 e.